The summed E-state index contributed by atoms with van der Waals surface area (Å²) in [5.74, 6) is 1.26. The second-order valence-electron chi connectivity index (χ2n) is 7.55. The van der Waals surface area contributed by atoms with E-state index in [0.717, 1.165) is 22.3 Å². The third-order valence-corrected chi connectivity index (χ3v) is 7.17. The van der Waals surface area contributed by atoms with Crippen molar-refractivity contribution in [3.8, 4) is 11.5 Å². The fourth-order valence-corrected chi connectivity index (χ4v) is 4.87. The molecule has 166 valence electrons. The van der Waals surface area contributed by atoms with E-state index in [1.807, 2.05) is 51.4 Å². The molecular weight excluding hydrogens is 414 g/mol. The molecule has 0 aliphatic carbocycles. The van der Waals surface area contributed by atoms with Crippen molar-refractivity contribution in [2.45, 2.75) is 31.7 Å². The van der Waals surface area contributed by atoms with E-state index >= 15 is 0 Å². The Kier molecular flexibility index (Phi) is 7.02. The quantitative estimate of drug-likeness (QED) is 0.506. The first-order chi connectivity index (χ1) is 14.7. The Morgan fingerprint density at radius 3 is 2.32 bits per heavy atom. The summed E-state index contributed by atoms with van der Waals surface area (Å²) in [4.78, 5) is 0.298. The number of hydrogen-bond donors (Lipinski definition) is 0. The van der Waals surface area contributed by atoms with Crippen LogP contribution < -0.4 is 9.47 Å². The first-order valence-electron chi connectivity index (χ1n) is 10.0. The highest BCUT2D eigenvalue weighted by molar-refractivity contribution is 7.89. The maximum atomic E-state index is 13.5. The molecule has 0 atom stereocenters. The lowest BCUT2D eigenvalue weighted by atomic mass is 10.1. The van der Waals surface area contributed by atoms with Crippen molar-refractivity contribution < 1.29 is 17.9 Å². The SMILES string of the molecule is COc1ccc(CCN(Cc2cnn(C)c2)S(=O)(=O)c2ccc(C)c(C)c2)cc1OC. The molecule has 0 unspecified atom stereocenters. The zero-order valence-electron chi connectivity index (χ0n) is 18.6. The summed E-state index contributed by atoms with van der Waals surface area (Å²) in [6, 6.07) is 10.9. The van der Waals surface area contributed by atoms with Crippen molar-refractivity contribution in [3.05, 3.63) is 71.0 Å². The minimum Gasteiger partial charge on any atom is -0.493 e. The van der Waals surface area contributed by atoms with E-state index in [1.165, 1.54) is 4.31 Å². The number of sulfonamides is 1. The van der Waals surface area contributed by atoms with E-state index in [2.05, 4.69) is 5.10 Å². The van der Waals surface area contributed by atoms with Gasteiger partial charge in [-0.3, -0.25) is 4.68 Å². The van der Waals surface area contributed by atoms with Gasteiger partial charge < -0.3 is 9.47 Å². The van der Waals surface area contributed by atoms with Gasteiger partial charge in [0.1, 0.15) is 0 Å². The molecule has 1 heterocycles. The number of aryl methyl sites for hydroxylation is 3. The molecule has 0 fully saturated rings. The Labute approximate surface area is 184 Å². The Morgan fingerprint density at radius 2 is 1.71 bits per heavy atom. The number of nitrogens with zero attached hydrogens (tertiary/aromatic N) is 3. The van der Waals surface area contributed by atoms with E-state index in [0.29, 0.717) is 29.4 Å². The van der Waals surface area contributed by atoms with E-state index in [9.17, 15) is 8.42 Å². The minimum absolute atomic E-state index is 0.246. The highest BCUT2D eigenvalue weighted by Gasteiger charge is 2.25. The van der Waals surface area contributed by atoms with Crippen LogP contribution in [0, 0.1) is 13.8 Å². The van der Waals surface area contributed by atoms with Crippen LogP contribution in [0.25, 0.3) is 0 Å². The molecule has 0 saturated carbocycles. The van der Waals surface area contributed by atoms with E-state index in [-0.39, 0.29) is 6.54 Å². The third kappa shape index (κ3) is 5.26. The predicted octanol–water partition coefficient (Wildman–Crippen LogP) is 3.49. The van der Waals surface area contributed by atoms with Crippen molar-refractivity contribution in [3.63, 3.8) is 0 Å². The van der Waals surface area contributed by atoms with Crippen LogP contribution >= 0.6 is 0 Å². The minimum atomic E-state index is -3.69. The second kappa shape index (κ2) is 9.53. The van der Waals surface area contributed by atoms with Crippen LogP contribution in [0.1, 0.15) is 22.3 Å². The Balaban J connectivity index is 1.90. The van der Waals surface area contributed by atoms with Crippen LogP contribution in [0.3, 0.4) is 0 Å². The molecule has 2 aromatic carbocycles. The number of hydrogen-bond acceptors (Lipinski definition) is 5. The molecule has 0 saturated heterocycles. The smallest absolute Gasteiger partial charge is 0.243 e. The summed E-state index contributed by atoms with van der Waals surface area (Å²) < 4.78 is 40.9. The molecule has 1 aromatic heterocycles. The summed E-state index contributed by atoms with van der Waals surface area (Å²) in [7, 11) is 1.30. The first kappa shape index (κ1) is 22.8. The summed E-state index contributed by atoms with van der Waals surface area (Å²) >= 11 is 0. The molecule has 0 radical (unpaired) electrons. The van der Waals surface area contributed by atoms with Crippen LogP contribution in [0.5, 0.6) is 11.5 Å². The molecule has 0 amide bonds. The number of ether oxygens (including phenoxy) is 2. The monoisotopic (exact) mass is 443 g/mol. The van der Waals surface area contributed by atoms with Gasteiger partial charge >= 0.3 is 0 Å². The lowest BCUT2D eigenvalue weighted by Crippen LogP contribution is -2.32. The standard InChI is InChI=1S/C23H29N3O4S/c1-17-6-8-21(12-18(17)2)31(27,28)26(16-20-14-24-25(3)15-20)11-10-19-7-9-22(29-4)23(13-19)30-5/h6-9,12-15H,10-11,16H2,1-5H3. The number of methoxy groups -OCH3 is 2. The van der Waals surface area contributed by atoms with Crippen LogP contribution in [0.2, 0.25) is 0 Å². The lowest BCUT2D eigenvalue weighted by molar-refractivity contribution is 0.354. The molecule has 0 aliphatic rings. The molecule has 8 heteroatoms. The maximum Gasteiger partial charge on any atom is 0.243 e. The van der Waals surface area contributed by atoms with Gasteiger partial charge in [-0.05, 0) is 61.2 Å². The molecular formula is C23H29N3O4S. The first-order valence-corrected chi connectivity index (χ1v) is 11.4. The summed E-state index contributed by atoms with van der Waals surface area (Å²) in [5.41, 5.74) is 3.80. The zero-order valence-corrected chi connectivity index (χ0v) is 19.4. The van der Waals surface area contributed by atoms with Gasteiger partial charge in [0.2, 0.25) is 10.0 Å². The van der Waals surface area contributed by atoms with Crippen LogP contribution in [0.4, 0.5) is 0 Å². The zero-order chi connectivity index (χ0) is 22.6. The highest BCUT2D eigenvalue weighted by Crippen LogP contribution is 2.28. The summed E-state index contributed by atoms with van der Waals surface area (Å²) in [6.07, 6.45) is 4.06. The van der Waals surface area contributed by atoms with Crippen molar-refractivity contribution in [1.29, 1.82) is 0 Å². The largest absolute Gasteiger partial charge is 0.493 e. The number of aromatic nitrogens is 2. The van der Waals surface area contributed by atoms with Crippen LogP contribution in [-0.2, 0) is 30.0 Å². The van der Waals surface area contributed by atoms with Gasteiger partial charge in [-0.1, -0.05) is 12.1 Å². The van der Waals surface area contributed by atoms with Gasteiger partial charge in [-0.15, -0.1) is 0 Å². The van der Waals surface area contributed by atoms with Gasteiger partial charge in [0, 0.05) is 31.9 Å². The Bertz CT molecular complexity index is 1160. The fraction of sp³-hybridized carbons (Fsp3) is 0.348. The Morgan fingerprint density at radius 1 is 0.968 bits per heavy atom. The molecule has 31 heavy (non-hydrogen) atoms. The molecule has 0 bridgehead atoms. The van der Waals surface area contributed by atoms with Gasteiger partial charge in [-0.2, -0.15) is 9.40 Å². The van der Waals surface area contributed by atoms with Gasteiger partial charge in [0.05, 0.1) is 25.3 Å². The highest BCUT2D eigenvalue weighted by atomic mass is 32.2. The average Bonchev–Trinajstić information content (AvgIpc) is 3.17. The summed E-state index contributed by atoms with van der Waals surface area (Å²) in [6.45, 7) is 4.45. The lowest BCUT2D eigenvalue weighted by Gasteiger charge is -2.22. The van der Waals surface area contributed by atoms with Crippen molar-refractivity contribution in [1.82, 2.24) is 14.1 Å². The molecule has 0 N–H and O–H groups in total. The predicted molar refractivity (Wildman–Crippen MR) is 120 cm³/mol. The fourth-order valence-electron chi connectivity index (χ4n) is 3.35. The summed E-state index contributed by atoms with van der Waals surface area (Å²) in [5, 5.41) is 4.18. The van der Waals surface area contributed by atoms with Crippen LogP contribution in [-0.4, -0.2) is 43.3 Å². The van der Waals surface area contributed by atoms with E-state index < -0.39 is 10.0 Å². The maximum absolute atomic E-state index is 13.5. The molecule has 0 spiro atoms. The normalized spacial score (nSPS) is 11.7. The van der Waals surface area contributed by atoms with Crippen molar-refractivity contribution in [2.75, 3.05) is 20.8 Å². The average molecular weight is 444 g/mol. The second-order valence-corrected chi connectivity index (χ2v) is 9.48. The molecule has 0 aliphatic heterocycles. The third-order valence-electron chi connectivity index (χ3n) is 5.33. The van der Waals surface area contributed by atoms with Gasteiger partial charge in [-0.25, -0.2) is 8.42 Å². The van der Waals surface area contributed by atoms with Gasteiger partial charge in [0.25, 0.3) is 0 Å². The molecule has 3 rings (SSSR count). The van der Waals surface area contributed by atoms with E-state index in [4.69, 9.17) is 9.47 Å². The number of rotatable bonds is 9. The van der Waals surface area contributed by atoms with Gasteiger partial charge in [0.15, 0.2) is 11.5 Å². The Hall–Kier alpha value is -2.84. The van der Waals surface area contributed by atoms with E-state index in [1.54, 1.807) is 37.2 Å². The molecule has 3 aromatic rings. The topological polar surface area (TPSA) is 73.7 Å². The van der Waals surface area contributed by atoms with Crippen molar-refractivity contribution >= 4 is 10.0 Å². The number of benzene rings is 2. The van der Waals surface area contributed by atoms with Crippen molar-refractivity contribution in [2.24, 2.45) is 7.05 Å². The molecule has 7 nitrogen and oxygen atoms in total. The van der Waals surface area contributed by atoms with Crippen LogP contribution in [0.15, 0.2) is 53.7 Å².